The van der Waals surface area contributed by atoms with Gasteiger partial charge in [0.2, 0.25) is 0 Å². The van der Waals surface area contributed by atoms with Crippen LogP contribution in [0.4, 0.5) is 5.82 Å². The van der Waals surface area contributed by atoms with Gasteiger partial charge in [-0.15, -0.1) is 0 Å². The van der Waals surface area contributed by atoms with E-state index < -0.39 is 0 Å². The summed E-state index contributed by atoms with van der Waals surface area (Å²) in [5.41, 5.74) is 1.91. The number of rotatable bonds is 6. The fourth-order valence-corrected chi connectivity index (χ4v) is 1.82. The molecule has 0 radical (unpaired) electrons. The quantitative estimate of drug-likeness (QED) is 0.822. The van der Waals surface area contributed by atoms with Gasteiger partial charge in [0.1, 0.15) is 5.82 Å². The number of aromatic nitrogens is 2. The third-order valence-corrected chi connectivity index (χ3v) is 2.89. The predicted molar refractivity (Wildman–Crippen MR) is 72.4 cm³/mol. The zero-order chi connectivity index (χ0) is 12.8. The zero-order valence-electron chi connectivity index (χ0n) is 11.6. The molecule has 1 aromatic rings. The Kier molecular flexibility index (Phi) is 5.35. The summed E-state index contributed by atoms with van der Waals surface area (Å²) >= 11 is 0. The average molecular weight is 236 g/mol. The molecule has 1 rings (SSSR count). The summed E-state index contributed by atoms with van der Waals surface area (Å²) in [6.45, 7) is 13.7. The number of anilines is 1. The highest BCUT2D eigenvalue weighted by atomic mass is 15.2. The summed E-state index contributed by atoms with van der Waals surface area (Å²) in [6, 6.07) is 0.379. The Morgan fingerprint density at radius 3 is 2.53 bits per heavy atom. The van der Waals surface area contributed by atoms with Crippen LogP contribution in [0.25, 0.3) is 0 Å². The van der Waals surface area contributed by atoms with Crippen molar-refractivity contribution in [3.05, 3.63) is 17.6 Å². The van der Waals surface area contributed by atoms with Gasteiger partial charge in [0.15, 0.2) is 0 Å². The highest BCUT2D eigenvalue weighted by molar-refractivity contribution is 5.40. The highest BCUT2D eigenvalue weighted by Gasteiger charge is 2.09. The molecule has 17 heavy (non-hydrogen) atoms. The molecule has 4 nitrogen and oxygen atoms in total. The topological polar surface area (TPSA) is 41.0 Å². The van der Waals surface area contributed by atoms with Gasteiger partial charge in [-0.3, -0.25) is 4.98 Å². The molecule has 0 bridgehead atoms. The van der Waals surface area contributed by atoms with Gasteiger partial charge < -0.3 is 10.2 Å². The van der Waals surface area contributed by atoms with Crippen LogP contribution >= 0.6 is 0 Å². The van der Waals surface area contributed by atoms with E-state index in [1.54, 1.807) is 6.20 Å². The molecule has 1 unspecified atom stereocenters. The van der Waals surface area contributed by atoms with Crippen LogP contribution in [0.5, 0.6) is 0 Å². The minimum atomic E-state index is 0.379. The number of nitrogens with one attached hydrogen (secondary N) is 1. The first-order chi connectivity index (χ1) is 8.06. The van der Waals surface area contributed by atoms with Gasteiger partial charge in [0, 0.05) is 18.8 Å². The Morgan fingerprint density at radius 1 is 1.29 bits per heavy atom. The van der Waals surface area contributed by atoms with E-state index >= 15 is 0 Å². The Hall–Kier alpha value is -1.16. The van der Waals surface area contributed by atoms with Crippen molar-refractivity contribution in [2.24, 2.45) is 0 Å². The van der Waals surface area contributed by atoms with Gasteiger partial charge >= 0.3 is 0 Å². The molecule has 96 valence electrons. The second-order valence-electron chi connectivity index (χ2n) is 4.48. The molecule has 0 aliphatic heterocycles. The van der Waals surface area contributed by atoms with Crippen molar-refractivity contribution in [1.29, 1.82) is 0 Å². The standard InChI is InChI=1S/C13H24N4/c1-6-17(7-2)9-11(4)16-13-12(5)14-8-10(3)15-13/h8,11H,6-7,9H2,1-5H3,(H,15,16). The second kappa shape index (κ2) is 6.55. The van der Waals surface area contributed by atoms with E-state index in [1.807, 2.05) is 13.8 Å². The Bertz CT molecular complexity index is 347. The van der Waals surface area contributed by atoms with E-state index in [-0.39, 0.29) is 0 Å². The van der Waals surface area contributed by atoms with Crippen LogP contribution in [-0.2, 0) is 0 Å². The van der Waals surface area contributed by atoms with Crippen molar-refractivity contribution >= 4 is 5.82 Å². The summed E-state index contributed by atoms with van der Waals surface area (Å²) in [7, 11) is 0. The van der Waals surface area contributed by atoms with Crippen molar-refractivity contribution < 1.29 is 0 Å². The van der Waals surface area contributed by atoms with Crippen LogP contribution in [0.15, 0.2) is 6.20 Å². The van der Waals surface area contributed by atoms with Crippen LogP contribution in [-0.4, -0.2) is 40.5 Å². The molecule has 0 amide bonds. The van der Waals surface area contributed by atoms with Crippen molar-refractivity contribution in [2.75, 3.05) is 25.0 Å². The number of nitrogens with zero attached hydrogens (tertiary/aromatic N) is 3. The highest BCUT2D eigenvalue weighted by Crippen LogP contribution is 2.10. The molecule has 0 saturated carbocycles. The van der Waals surface area contributed by atoms with Crippen molar-refractivity contribution in [1.82, 2.24) is 14.9 Å². The summed E-state index contributed by atoms with van der Waals surface area (Å²) in [6.07, 6.45) is 1.80. The van der Waals surface area contributed by atoms with Gasteiger partial charge in [-0.25, -0.2) is 4.98 Å². The molecule has 0 aliphatic carbocycles. The van der Waals surface area contributed by atoms with Gasteiger partial charge in [-0.2, -0.15) is 0 Å². The minimum absolute atomic E-state index is 0.379. The van der Waals surface area contributed by atoms with Gasteiger partial charge in [0.05, 0.1) is 11.4 Å². The third kappa shape index (κ3) is 4.30. The third-order valence-electron chi connectivity index (χ3n) is 2.89. The normalized spacial score (nSPS) is 12.8. The molecule has 0 spiro atoms. The van der Waals surface area contributed by atoms with E-state index in [0.29, 0.717) is 6.04 Å². The number of likely N-dealkylation sites (N-methyl/N-ethyl adjacent to an activating group) is 1. The first-order valence-corrected chi connectivity index (χ1v) is 6.35. The lowest BCUT2D eigenvalue weighted by atomic mass is 10.3. The lowest BCUT2D eigenvalue weighted by Gasteiger charge is -2.24. The van der Waals surface area contributed by atoms with Crippen LogP contribution in [0.2, 0.25) is 0 Å². The van der Waals surface area contributed by atoms with E-state index in [4.69, 9.17) is 0 Å². The van der Waals surface area contributed by atoms with Crippen LogP contribution in [0.1, 0.15) is 32.2 Å². The minimum Gasteiger partial charge on any atom is -0.365 e. The maximum absolute atomic E-state index is 4.48. The van der Waals surface area contributed by atoms with Crippen LogP contribution in [0.3, 0.4) is 0 Å². The van der Waals surface area contributed by atoms with Gasteiger partial charge in [0.25, 0.3) is 0 Å². The predicted octanol–water partition coefficient (Wildman–Crippen LogP) is 2.24. The van der Waals surface area contributed by atoms with Crippen molar-refractivity contribution in [3.63, 3.8) is 0 Å². The van der Waals surface area contributed by atoms with Gasteiger partial charge in [-0.05, 0) is 33.9 Å². The second-order valence-corrected chi connectivity index (χ2v) is 4.48. The summed E-state index contributed by atoms with van der Waals surface area (Å²) < 4.78 is 0. The van der Waals surface area contributed by atoms with E-state index in [1.165, 1.54) is 0 Å². The zero-order valence-corrected chi connectivity index (χ0v) is 11.6. The first kappa shape index (κ1) is 13.9. The maximum Gasteiger partial charge on any atom is 0.148 e. The lowest BCUT2D eigenvalue weighted by molar-refractivity contribution is 0.294. The largest absolute Gasteiger partial charge is 0.365 e. The first-order valence-electron chi connectivity index (χ1n) is 6.35. The van der Waals surface area contributed by atoms with Crippen molar-refractivity contribution in [3.8, 4) is 0 Å². The molecular weight excluding hydrogens is 212 g/mol. The summed E-state index contributed by atoms with van der Waals surface area (Å²) in [4.78, 5) is 11.2. The number of hydrogen-bond donors (Lipinski definition) is 1. The van der Waals surface area contributed by atoms with E-state index in [0.717, 1.165) is 36.8 Å². The lowest BCUT2D eigenvalue weighted by Crippen LogP contribution is -2.35. The number of hydrogen-bond acceptors (Lipinski definition) is 4. The smallest absolute Gasteiger partial charge is 0.148 e. The molecule has 1 atom stereocenters. The van der Waals surface area contributed by atoms with E-state index in [2.05, 4.69) is 41.0 Å². The molecule has 0 aliphatic rings. The molecule has 0 fully saturated rings. The van der Waals surface area contributed by atoms with Crippen LogP contribution in [0, 0.1) is 13.8 Å². The van der Waals surface area contributed by atoms with Gasteiger partial charge in [-0.1, -0.05) is 13.8 Å². The fourth-order valence-electron chi connectivity index (χ4n) is 1.82. The maximum atomic E-state index is 4.48. The molecule has 1 aromatic heterocycles. The molecule has 1 N–H and O–H groups in total. The molecule has 1 heterocycles. The summed E-state index contributed by atoms with van der Waals surface area (Å²) in [5, 5.41) is 3.43. The summed E-state index contributed by atoms with van der Waals surface area (Å²) in [5.74, 6) is 0.907. The molecule has 0 saturated heterocycles. The molecule has 0 aromatic carbocycles. The Balaban J connectivity index is 2.61. The monoisotopic (exact) mass is 236 g/mol. The SMILES string of the molecule is CCN(CC)CC(C)Nc1nc(C)cnc1C. The van der Waals surface area contributed by atoms with Crippen molar-refractivity contribution in [2.45, 2.75) is 40.7 Å². The molecule has 4 heteroatoms. The Morgan fingerprint density at radius 2 is 1.94 bits per heavy atom. The fraction of sp³-hybridized carbons (Fsp3) is 0.692. The van der Waals surface area contributed by atoms with E-state index in [9.17, 15) is 0 Å². The number of aryl methyl sites for hydroxylation is 2. The van der Waals surface area contributed by atoms with Crippen LogP contribution < -0.4 is 5.32 Å². The average Bonchev–Trinajstić information content (AvgIpc) is 2.31. The molecular formula is C13H24N4. The Labute approximate surface area is 104 Å².